The second-order valence-electron chi connectivity index (χ2n) is 2.25. The molecule has 0 fully saturated rings. The summed E-state index contributed by atoms with van der Waals surface area (Å²) in [5, 5.41) is -0.111. The predicted molar refractivity (Wildman–Crippen MR) is 49.2 cm³/mol. The third-order valence-corrected chi connectivity index (χ3v) is 3.22. The molecule has 1 aromatic carbocycles. The Kier molecular flexibility index (Phi) is 3.15. The van der Waals surface area contributed by atoms with Crippen LogP contribution in [0.15, 0.2) is 16.6 Å². The van der Waals surface area contributed by atoms with Crippen LogP contribution in [0.1, 0.15) is 5.56 Å². The van der Waals surface area contributed by atoms with Gasteiger partial charge in [-0.15, -0.1) is 0 Å². The molecule has 1 rings (SSSR count). The number of halogens is 6. The maximum atomic E-state index is 12.1. The normalized spacial score (nSPS) is 11.8. The number of alkyl halides is 3. The molecule has 13 heavy (non-hydrogen) atoms. The van der Waals surface area contributed by atoms with Gasteiger partial charge in [0.1, 0.15) is 0 Å². The van der Waals surface area contributed by atoms with E-state index in [1.54, 1.807) is 0 Å². The molecule has 1 aromatic rings. The molecular weight excluding hydrogens is 292 g/mol. The standard InChI is InChI=1S/C7H2BrCl2F3/c8-6-4(9)1-3(2-5(6)10)7(11,12)13/h1-2H. The second-order valence-corrected chi connectivity index (χ2v) is 3.86. The molecular formula is C7H2BrCl2F3. The summed E-state index contributed by atoms with van der Waals surface area (Å²) < 4.78 is 36.7. The lowest BCUT2D eigenvalue weighted by Gasteiger charge is -2.08. The Hall–Kier alpha value is 0.0700. The quantitative estimate of drug-likeness (QED) is 0.604. The summed E-state index contributed by atoms with van der Waals surface area (Å²) in [6.45, 7) is 0. The van der Waals surface area contributed by atoms with Crippen LogP contribution in [-0.2, 0) is 6.18 Å². The minimum Gasteiger partial charge on any atom is -0.166 e. The van der Waals surface area contributed by atoms with E-state index >= 15 is 0 Å². The molecule has 0 aliphatic rings. The highest BCUT2D eigenvalue weighted by atomic mass is 79.9. The number of hydrogen-bond acceptors (Lipinski definition) is 0. The zero-order chi connectivity index (χ0) is 10.2. The van der Waals surface area contributed by atoms with Gasteiger partial charge in [0.05, 0.1) is 20.1 Å². The Labute approximate surface area is 90.8 Å². The molecule has 0 nitrogen and oxygen atoms in total. The van der Waals surface area contributed by atoms with Crippen LogP contribution in [0.5, 0.6) is 0 Å². The molecule has 0 unspecified atom stereocenters. The highest BCUT2D eigenvalue weighted by molar-refractivity contribution is 9.10. The topological polar surface area (TPSA) is 0 Å². The van der Waals surface area contributed by atoms with Gasteiger partial charge in [-0.1, -0.05) is 23.2 Å². The predicted octanol–water partition coefficient (Wildman–Crippen LogP) is 4.77. The molecule has 72 valence electrons. The zero-order valence-electron chi connectivity index (χ0n) is 5.92. The summed E-state index contributed by atoms with van der Waals surface area (Å²) >= 11 is 13.9. The van der Waals surface area contributed by atoms with Crippen LogP contribution >= 0.6 is 39.1 Å². The van der Waals surface area contributed by atoms with Gasteiger partial charge in [0, 0.05) is 0 Å². The molecule has 0 aliphatic carbocycles. The summed E-state index contributed by atoms with van der Waals surface area (Å²) in [6, 6.07) is 1.63. The first-order valence-electron chi connectivity index (χ1n) is 3.04. The van der Waals surface area contributed by atoms with Crippen molar-refractivity contribution in [1.29, 1.82) is 0 Å². The number of rotatable bonds is 0. The molecule has 0 atom stereocenters. The van der Waals surface area contributed by atoms with Gasteiger partial charge in [0.15, 0.2) is 0 Å². The van der Waals surface area contributed by atoms with E-state index in [4.69, 9.17) is 23.2 Å². The maximum absolute atomic E-state index is 12.1. The Morgan fingerprint density at radius 1 is 1.08 bits per heavy atom. The zero-order valence-corrected chi connectivity index (χ0v) is 9.02. The highest BCUT2D eigenvalue weighted by Crippen LogP contribution is 2.37. The summed E-state index contributed by atoms with van der Waals surface area (Å²) in [7, 11) is 0. The SMILES string of the molecule is FC(F)(F)c1cc(Cl)c(Br)c(Cl)c1. The van der Waals surface area contributed by atoms with E-state index in [1.807, 2.05) is 0 Å². The van der Waals surface area contributed by atoms with Crippen LogP contribution in [0.2, 0.25) is 10.0 Å². The van der Waals surface area contributed by atoms with Gasteiger partial charge in [-0.25, -0.2) is 0 Å². The molecule has 0 amide bonds. The first-order valence-corrected chi connectivity index (χ1v) is 4.59. The van der Waals surface area contributed by atoms with Crippen molar-refractivity contribution in [2.24, 2.45) is 0 Å². The van der Waals surface area contributed by atoms with Gasteiger partial charge in [-0.05, 0) is 28.1 Å². The summed E-state index contributed by atoms with van der Waals surface area (Å²) in [6.07, 6.45) is -4.42. The summed E-state index contributed by atoms with van der Waals surface area (Å²) in [4.78, 5) is 0. The lowest BCUT2D eigenvalue weighted by atomic mass is 10.2. The van der Waals surface area contributed by atoms with Crippen molar-refractivity contribution < 1.29 is 13.2 Å². The van der Waals surface area contributed by atoms with Gasteiger partial charge in [0.25, 0.3) is 0 Å². The largest absolute Gasteiger partial charge is 0.416 e. The van der Waals surface area contributed by atoms with E-state index in [9.17, 15) is 13.2 Å². The van der Waals surface area contributed by atoms with E-state index in [0.717, 1.165) is 12.1 Å². The fourth-order valence-corrected chi connectivity index (χ4v) is 1.44. The molecule has 0 N–H and O–H groups in total. The third kappa shape index (κ3) is 2.51. The third-order valence-electron chi connectivity index (χ3n) is 1.31. The van der Waals surface area contributed by atoms with Crippen LogP contribution < -0.4 is 0 Å². The lowest BCUT2D eigenvalue weighted by Crippen LogP contribution is -2.04. The van der Waals surface area contributed by atoms with Crippen LogP contribution in [0.3, 0.4) is 0 Å². The Morgan fingerprint density at radius 2 is 1.46 bits per heavy atom. The Bertz CT molecular complexity index is 312. The number of benzene rings is 1. The van der Waals surface area contributed by atoms with Crippen LogP contribution in [0.25, 0.3) is 0 Å². The fraction of sp³-hybridized carbons (Fsp3) is 0.143. The first kappa shape index (κ1) is 11.1. The van der Waals surface area contributed by atoms with E-state index in [2.05, 4.69) is 15.9 Å². The van der Waals surface area contributed by atoms with Crippen molar-refractivity contribution in [3.05, 3.63) is 32.2 Å². The molecule has 0 radical (unpaired) electrons. The molecule has 0 aliphatic heterocycles. The monoisotopic (exact) mass is 292 g/mol. The van der Waals surface area contributed by atoms with Crippen molar-refractivity contribution in [2.45, 2.75) is 6.18 Å². The van der Waals surface area contributed by atoms with E-state index in [1.165, 1.54) is 0 Å². The van der Waals surface area contributed by atoms with Crippen molar-refractivity contribution >= 4 is 39.1 Å². The molecule has 0 bridgehead atoms. The van der Waals surface area contributed by atoms with Crippen molar-refractivity contribution in [2.75, 3.05) is 0 Å². The van der Waals surface area contributed by atoms with Gasteiger partial charge in [-0.2, -0.15) is 13.2 Å². The second kappa shape index (κ2) is 3.67. The molecule has 0 spiro atoms. The Morgan fingerprint density at radius 3 is 1.77 bits per heavy atom. The molecule has 0 heterocycles. The van der Waals surface area contributed by atoms with Crippen molar-refractivity contribution in [1.82, 2.24) is 0 Å². The minimum atomic E-state index is -4.42. The summed E-state index contributed by atoms with van der Waals surface area (Å²) in [5.74, 6) is 0. The maximum Gasteiger partial charge on any atom is 0.416 e. The molecule has 0 aromatic heterocycles. The van der Waals surface area contributed by atoms with Crippen LogP contribution in [0.4, 0.5) is 13.2 Å². The van der Waals surface area contributed by atoms with Crippen molar-refractivity contribution in [3.8, 4) is 0 Å². The molecule has 0 saturated heterocycles. The highest BCUT2D eigenvalue weighted by Gasteiger charge is 2.31. The first-order chi connectivity index (χ1) is 5.82. The summed E-state index contributed by atoms with van der Waals surface area (Å²) in [5.41, 5.74) is -0.856. The van der Waals surface area contributed by atoms with Crippen LogP contribution in [0, 0.1) is 0 Å². The molecule has 0 saturated carbocycles. The lowest BCUT2D eigenvalue weighted by molar-refractivity contribution is -0.137. The van der Waals surface area contributed by atoms with E-state index in [-0.39, 0.29) is 14.5 Å². The smallest absolute Gasteiger partial charge is 0.166 e. The Balaban J connectivity index is 3.29. The average molecular weight is 294 g/mol. The minimum absolute atomic E-state index is 0.0557. The van der Waals surface area contributed by atoms with Crippen LogP contribution in [-0.4, -0.2) is 0 Å². The average Bonchev–Trinajstić information content (AvgIpc) is 1.97. The fourth-order valence-electron chi connectivity index (χ4n) is 0.719. The van der Waals surface area contributed by atoms with Gasteiger partial charge >= 0.3 is 6.18 Å². The van der Waals surface area contributed by atoms with Gasteiger partial charge in [0.2, 0.25) is 0 Å². The van der Waals surface area contributed by atoms with Gasteiger partial charge < -0.3 is 0 Å². The van der Waals surface area contributed by atoms with E-state index in [0.29, 0.717) is 0 Å². The molecule has 6 heteroatoms. The number of hydrogen-bond donors (Lipinski definition) is 0. The van der Waals surface area contributed by atoms with Crippen molar-refractivity contribution in [3.63, 3.8) is 0 Å². The van der Waals surface area contributed by atoms with E-state index < -0.39 is 11.7 Å². The van der Waals surface area contributed by atoms with Gasteiger partial charge in [-0.3, -0.25) is 0 Å².